The molecule has 0 spiro atoms. The van der Waals surface area contributed by atoms with E-state index in [1.807, 2.05) is 17.5 Å². The summed E-state index contributed by atoms with van der Waals surface area (Å²) in [5.74, 6) is 0. The van der Waals surface area contributed by atoms with E-state index in [1.54, 1.807) is 18.2 Å². The number of halogens is 1. The van der Waals surface area contributed by atoms with Crippen molar-refractivity contribution in [2.45, 2.75) is 0 Å². The third-order valence-corrected chi connectivity index (χ3v) is 4.17. The summed E-state index contributed by atoms with van der Waals surface area (Å²) < 4.78 is 0. The predicted octanol–water partition coefficient (Wildman–Crippen LogP) is 3.53. The van der Waals surface area contributed by atoms with Crippen LogP contribution >= 0.6 is 23.4 Å². The molecule has 1 aliphatic heterocycles. The summed E-state index contributed by atoms with van der Waals surface area (Å²) in [6.45, 7) is 0. The minimum atomic E-state index is 0.0964. The largest absolute Gasteiger partial charge is 0.348 e. The molecule has 23 heavy (non-hydrogen) atoms. The van der Waals surface area contributed by atoms with E-state index in [0.29, 0.717) is 21.9 Å². The number of hydrogen-bond acceptors (Lipinski definition) is 6. The molecule has 1 aromatic heterocycles. The second kappa shape index (κ2) is 6.53. The summed E-state index contributed by atoms with van der Waals surface area (Å²) in [6, 6.07) is 13.1. The SMILES string of the molecule is N#C/C(=C1\NC(c2ccc(C#N)cc2)=CS1)c1ccnc(Cl)n1. The Labute approximate surface area is 141 Å². The van der Waals surface area contributed by atoms with Gasteiger partial charge in [-0.15, -0.1) is 0 Å². The summed E-state index contributed by atoms with van der Waals surface area (Å²) in [5.41, 5.74) is 3.27. The van der Waals surface area contributed by atoms with Crippen LogP contribution in [0.5, 0.6) is 0 Å². The van der Waals surface area contributed by atoms with E-state index in [0.717, 1.165) is 11.3 Å². The van der Waals surface area contributed by atoms with Gasteiger partial charge in [-0.2, -0.15) is 10.5 Å². The molecular weight excluding hydrogens is 330 g/mol. The molecule has 0 radical (unpaired) electrons. The highest BCUT2D eigenvalue weighted by Gasteiger charge is 2.18. The number of allylic oxidation sites excluding steroid dienone is 1. The van der Waals surface area contributed by atoms with Gasteiger partial charge < -0.3 is 5.32 Å². The van der Waals surface area contributed by atoms with Gasteiger partial charge in [0.1, 0.15) is 11.6 Å². The summed E-state index contributed by atoms with van der Waals surface area (Å²) in [6.07, 6.45) is 1.51. The number of aromatic nitrogens is 2. The van der Waals surface area contributed by atoms with E-state index in [4.69, 9.17) is 16.9 Å². The van der Waals surface area contributed by atoms with E-state index in [1.165, 1.54) is 18.0 Å². The van der Waals surface area contributed by atoms with Crippen molar-refractivity contribution in [1.29, 1.82) is 10.5 Å². The predicted molar refractivity (Wildman–Crippen MR) is 89.4 cm³/mol. The molecule has 7 heteroatoms. The van der Waals surface area contributed by atoms with Crippen LogP contribution in [0.15, 0.2) is 47.0 Å². The number of thioether (sulfide) groups is 1. The van der Waals surface area contributed by atoms with Crippen LogP contribution in [0, 0.1) is 22.7 Å². The molecule has 1 N–H and O–H groups in total. The summed E-state index contributed by atoms with van der Waals surface area (Å²) in [5, 5.41) is 24.2. The maximum absolute atomic E-state index is 9.43. The molecule has 0 amide bonds. The highest BCUT2D eigenvalue weighted by molar-refractivity contribution is 8.06. The van der Waals surface area contributed by atoms with Gasteiger partial charge in [-0.25, -0.2) is 9.97 Å². The maximum atomic E-state index is 9.43. The molecule has 0 saturated carbocycles. The Balaban J connectivity index is 1.89. The van der Waals surface area contributed by atoms with Crippen LogP contribution < -0.4 is 5.32 Å². The summed E-state index contributed by atoms with van der Waals surface area (Å²) in [4.78, 5) is 7.89. The van der Waals surface area contributed by atoms with Crippen LogP contribution in [-0.4, -0.2) is 9.97 Å². The lowest BCUT2D eigenvalue weighted by molar-refractivity contribution is 1.13. The minimum Gasteiger partial charge on any atom is -0.348 e. The van der Waals surface area contributed by atoms with E-state index < -0.39 is 0 Å². The first-order chi connectivity index (χ1) is 11.2. The summed E-state index contributed by atoms with van der Waals surface area (Å²) >= 11 is 7.19. The van der Waals surface area contributed by atoms with Crippen molar-refractivity contribution in [3.63, 3.8) is 0 Å². The minimum absolute atomic E-state index is 0.0964. The van der Waals surface area contributed by atoms with Crippen molar-refractivity contribution in [3.8, 4) is 12.1 Å². The summed E-state index contributed by atoms with van der Waals surface area (Å²) in [7, 11) is 0. The Hall–Kier alpha value is -2.80. The smallest absolute Gasteiger partial charge is 0.222 e. The van der Waals surface area contributed by atoms with Gasteiger partial charge in [-0.3, -0.25) is 0 Å². The molecule has 1 aliphatic rings. The van der Waals surface area contributed by atoms with Gasteiger partial charge in [0.05, 0.1) is 28.1 Å². The van der Waals surface area contributed by atoms with Crippen LogP contribution in [0.4, 0.5) is 0 Å². The van der Waals surface area contributed by atoms with Crippen molar-refractivity contribution in [2.24, 2.45) is 0 Å². The number of nitriles is 2. The van der Waals surface area contributed by atoms with Crippen LogP contribution in [0.3, 0.4) is 0 Å². The van der Waals surface area contributed by atoms with Crippen LogP contribution in [0.2, 0.25) is 5.28 Å². The Morgan fingerprint density at radius 1 is 1.17 bits per heavy atom. The molecule has 5 nitrogen and oxygen atoms in total. The van der Waals surface area contributed by atoms with Crippen molar-refractivity contribution in [2.75, 3.05) is 0 Å². The molecule has 0 atom stereocenters. The fourth-order valence-electron chi connectivity index (χ4n) is 1.98. The number of hydrogen-bond donors (Lipinski definition) is 1. The van der Waals surface area contributed by atoms with Gasteiger partial charge in [0.15, 0.2) is 0 Å². The number of benzene rings is 1. The third kappa shape index (κ3) is 3.19. The van der Waals surface area contributed by atoms with Gasteiger partial charge in [0.2, 0.25) is 5.28 Å². The topological polar surface area (TPSA) is 85.4 Å². The molecule has 0 saturated heterocycles. The second-order valence-corrected chi connectivity index (χ2v) is 5.71. The average Bonchev–Trinajstić information content (AvgIpc) is 3.05. The van der Waals surface area contributed by atoms with Crippen molar-refractivity contribution < 1.29 is 0 Å². The van der Waals surface area contributed by atoms with Crippen molar-refractivity contribution in [1.82, 2.24) is 15.3 Å². The Morgan fingerprint density at radius 2 is 1.96 bits per heavy atom. The lowest BCUT2D eigenvalue weighted by Gasteiger charge is -2.07. The van der Waals surface area contributed by atoms with Gasteiger partial charge in [-0.05, 0) is 35.4 Å². The zero-order chi connectivity index (χ0) is 16.2. The zero-order valence-corrected chi connectivity index (χ0v) is 13.2. The molecule has 3 rings (SSSR count). The molecule has 2 heterocycles. The first kappa shape index (κ1) is 15.1. The van der Waals surface area contributed by atoms with E-state index in [-0.39, 0.29) is 5.28 Å². The zero-order valence-electron chi connectivity index (χ0n) is 11.6. The first-order valence-electron chi connectivity index (χ1n) is 6.49. The van der Waals surface area contributed by atoms with E-state index in [2.05, 4.69) is 27.4 Å². The Bertz CT molecular complexity index is 903. The normalized spacial score (nSPS) is 15.2. The highest BCUT2D eigenvalue weighted by atomic mass is 35.5. The van der Waals surface area contributed by atoms with Gasteiger partial charge >= 0.3 is 0 Å². The lowest BCUT2D eigenvalue weighted by Crippen LogP contribution is -2.07. The van der Waals surface area contributed by atoms with Crippen molar-refractivity contribution in [3.05, 3.63) is 69.1 Å². The number of nitrogens with zero attached hydrogens (tertiary/aromatic N) is 4. The molecule has 110 valence electrons. The van der Waals surface area contributed by atoms with Crippen molar-refractivity contribution >= 4 is 34.6 Å². The molecule has 1 aromatic carbocycles. The molecule has 0 aliphatic carbocycles. The van der Waals surface area contributed by atoms with Gasteiger partial charge in [0.25, 0.3) is 0 Å². The molecule has 0 bridgehead atoms. The number of nitrogens with one attached hydrogen (secondary N) is 1. The first-order valence-corrected chi connectivity index (χ1v) is 7.74. The fourth-order valence-corrected chi connectivity index (χ4v) is 3.00. The van der Waals surface area contributed by atoms with Gasteiger partial charge in [0, 0.05) is 11.6 Å². The van der Waals surface area contributed by atoms with E-state index in [9.17, 15) is 5.26 Å². The molecular formula is C16H8ClN5S. The van der Waals surface area contributed by atoms with Gasteiger partial charge in [-0.1, -0.05) is 23.9 Å². The Kier molecular flexibility index (Phi) is 4.29. The fraction of sp³-hybridized carbons (Fsp3) is 0. The second-order valence-electron chi connectivity index (χ2n) is 4.49. The molecule has 2 aromatic rings. The quantitative estimate of drug-likeness (QED) is 0.666. The maximum Gasteiger partial charge on any atom is 0.222 e. The average molecular weight is 338 g/mol. The molecule has 0 unspecified atom stereocenters. The Morgan fingerprint density at radius 3 is 2.61 bits per heavy atom. The van der Waals surface area contributed by atoms with Crippen LogP contribution in [0.1, 0.15) is 16.8 Å². The number of rotatable bonds is 2. The standard InChI is InChI=1S/C16H8ClN5S/c17-16-20-6-5-13(22-16)12(8-19)15-21-14(9-23-15)11-3-1-10(7-18)2-4-11/h1-6,9,21H/b15-12-. The highest BCUT2D eigenvalue weighted by Crippen LogP contribution is 2.34. The van der Waals surface area contributed by atoms with Crippen LogP contribution in [-0.2, 0) is 0 Å². The monoisotopic (exact) mass is 337 g/mol. The lowest BCUT2D eigenvalue weighted by atomic mass is 10.1. The van der Waals surface area contributed by atoms with Crippen LogP contribution in [0.25, 0.3) is 11.3 Å². The molecule has 0 fully saturated rings. The van der Waals surface area contributed by atoms with E-state index >= 15 is 0 Å². The third-order valence-electron chi connectivity index (χ3n) is 3.09.